The Morgan fingerprint density at radius 2 is 2.14 bits per heavy atom. The van der Waals surface area contributed by atoms with Crippen molar-refractivity contribution in [3.8, 4) is 11.5 Å². The van der Waals surface area contributed by atoms with E-state index in [1.165, 1.54) is 25.8 Å². The van der Waals surface area contributed by atoms with Crippen LogP contribution in [0.15, 0.2) is 18.2 Å². The van der Waals surface area contributed by atoms with Crippen LogP contribution in [0.5, 0.6) is 11.5 Å². The lowest BCUT2D eigenvalue weighted by molar-refractivity contribution is 0.150. The van der Waals surface area contributed by atoms with Crippen molar-refractivity contribution in [3.63, 3.8) is 0 Å². The van der Waals surface area contributed by atoms with Gasteiger partial charge in [-0.15, -0.1) is 0 Å². The number of hydrogen-bond donors (Lipinski definition) is 1. The molecule has 0 saturated carbocycles. The zero-order valence-corrected chi connectivity index (χ0v) is 13.2. The Balaban J connectivity index is 1.95. The lowest BCUT2D eigenvalue weighted by Crippen LogP contribution is -2.37. The van der Waals surface area contributed by atoms with Gasteiger partial charge in [0, 0.05) is 11.6 Å². The van der Waals surface area contributed by atoms with Gasteiger partial charge < -0.3 is 19.5 Å². The molecule has 1 fully saturated rings. The molecule has 118 valence electrons. The van der Waals surface area contributed by atoms with Crippen molar-refractivity contribution in [2.75, 3.05) is 26.8 Å². The fourth-order valence-electron chi connectivity index (χ4n) is 2.92. The maximum Gasteiger partial charge on any atom is 0.166 e. The smallest absolute Gasteiger partial charge is 0.166 e. The molecule has 2 rings (SSSR count). The van der Waals surface area contributed by atoms with Gasteiger partial charge in [-0.1, -0.05) is 18.6 Å². The number of nitrogens with zero attached hydrogens (tertiary/aromatic N) is 1. The third-order valence-electron chi connectivity index (χ3n) is 4.15. The van der Waals surface area contributed by atoms with E-state index in [1.807, 2.05) is 25.1 Å². The van der Waals surface area contributed by atoms with Gasteiger partial charge in [-0.3, -0.25) is 0 Å². The monoisotopic (exact) mass is 293 g/mol. The highest BCUT2D eigenvalue weighted by atomic mass is 16.5. The maximum atomic E-state index is 9.46. The predicted octanol–water partition coefficient (Wildman–Crippen LogP) is 2.83. The second-order valence-corrected chi connectivity index (χ2v) is 5.60. The van der Waals surface area contributed by atoms with Crippen LogP contribution in [0, 0.1) is 0 Å². The first-order chi connectivity index (χ1) is 10.3. The average molecular weight is 293 g/mol. The molecule has 0 spiro atoms. The van der Waals surface area contributed by atoms with E-state index in [0.717, 1.165) is 17.7 Å². The molecule has 21 heavy (non-hydrogen) atoms. The molecule has 1 atom stereocenters. The van der Waals surface area contributed by atoms with Crippen molar-refractivity contribution in [2.24, 2.45) is 0 Å². The molecule has 0 radical (unpaired) electrons. The molecule has 0 aromatic heterocycles. The number of aliphatic hydroxyl groups is 1. The summed E-state index contributed by atoms with van der Waals surface area (Å²) in [5, 5.41) is 9.46. The number of ether oxygens (including phenoxy) is 2. The normalized spacial score (nSPS) is 19.5. The first-order valence-corrected chi connectivity index (χ1v) is 7.94. The van der Waals surface area contributed by atoms with E-state index in [4.69, 9.17) is 9.47 Å². The fraction of sp³-hybridized carbons (Fsp3) is 0.647. The molecular formula is C17H27NO3. The summed E-state index contributed by atoms with van der Waals surface area (Å²) in [7, 11) is 2.19. The van der Waals surface area contributed by atoms with Crippen molar-refractivity contribution < 1.29 is 14.6 Å². The molecule has 1 aromatic rings. The van der Waals surface area contributed by atoms with Gasteiger partial charge in [-0.2, -0.15) is 0 Å². The van der Waals surface area contributed by atoms with Crippen LogP contribution in [-0.2, 0) is 6.61 Å². The van der Waals surface area contributed by atoms with E-state index in [9.17, 15) is 5.11 Å². The Kier molecular flexibility index (Phi) is 6.33. The highest BCUT2D eigenvalue weighted by molar-refractivity contribution is 5.46. The number of piperidine rings is 1. The van der Waals surface area contributed by atoms with Gasteiger partial charge in [0.25, 0.3) is 0 Å². The van der Waals surface area contributed by atoms with Crippen LogP contribution < -0.4 is 9.47 Å². The zero-order valence-electron chi connectivity index (χ0n) is 13.2. The molecule has 1 heterocycles. The topological polar surface area (TPSA) is 41.9 Å². The standard InChI is InChI=1S/C17H27NO3/c1-3-20-16-9-6-7-14(13-19)17(16)21-12-10-15-8-4-5-11-18(15)2/h6-7,9,15,19H,3-5,8,10-13H2,1-2H3. The number of likely N-dealkylation sites (tertiary alicyclic amines) is 1. The van der Waals surface area contributed by atoms with Gasteiger partial charge in [0.05, 0.1) is 19.8 Å². The molecule has 0 bridgehead atoms. The Hall–Kier alpha value is -1.26. The minimum atomic E-state index is -0.0282. The van der Waals surface area contributed by atoms with Gasteiger partial charge in [0.1, 0.15) is 0 Å². The summed E-state index contributed by atoms with van der Waals surface area (Å²) in [4.78, 5) is 2.42. The highest BCUT2D eigenvalue weighted by Gasteiger charge is 2.19. The number of para-hydroxylation sites is 1. The summed E-state index contributed by atoms with van der Waals surface area (Å²) >= 11 is 0. The van der Waals surface area contributed by atoms with Crippen LogP contribution in [0.1, 0.15) is 38.2 Å². The summed E-state index contributed by atoms with van der Waals surface area (Å²) in [6, 6.07) is 6.27. The Morgan fingerprint density at radius 3 is 2.86 bits per heavy atom. The van der Waals surface area contributed by atoms with Crippen molar-refractivity contribution in [1.29, 1.82) is 0 Å². The van der Waals surface area contributed by atoms with Crippen molar-refractivity contribution in [2.45, 2.75) is 45.3 Å². The lowest BCUT2D eigenvalue weighted by atomic mass is 10.0. The molecule has 1 aliphatic rings. The Morgan fingerprint density at radius 1 is 1.29 bits per heavy atom. The van der Waals surface area contributed by atoms with Crippen molar-refractivity contribution in [1.82, 2.24) is 4.90 Å². The van der Waals surface area contributed by atoms with Crippen LogP contribution in [0.3, 0.4) is 0 Å². The van der Waals surface area contributed by atoms with E-state index in [1.54, 1.807) is 0 Å². The number of benzene rings is 1. The molecule has 4 nitrogen and oxygen atoms in total. The summed E-state index contributed by atoms with van der Waals surface area (Å²) < 4.78 is 11.5. The van der Waals surface area contributed by atoms with Gasteiger partial charge in [0.2, 0.25) is 0 Å². The van der Waals surface area contributed by atoms with E-state index in [0.29, 0.717) is 25.0 Å². The van der Waals surface area contributed by atoms with E-state index >= 15 is 0 Å². The van der Waals surface area contributed by atoms with Gasteiger partial charge in [0.15, 0.2) is 11.5 Å². The summed E-state index contributed by atoms with van der Waals surface area (Å²) in [6.07, 6.45) is 4.88. The van der Waals surface area contributed by atoms with Crippen LogP contribution in [0.4, 0.5) is 0 Å². The summed E-state index contributed by atoms with van der Waals surface area (Å²) in [6.45, 7) is 4.36. The second kappa shape index (κ2) is 8.25. The summed E-state index contributed by atoms with van der Waals surface area (Å²) in [5.41, 5.74) is 0.790. The number of aliphatic hydroxyl groups excluding tert-OH is 1. The first kappa shape index (κ1) is 16.1. The fourth-order valence-corrected chi connectivity index (χ4v) is 2.92. The summed E-state index contributed by atoms with van der Waals surface area (Å²) in [5.74, 6) is 1.42. The molecule has 1 saturated heterocycles. The molecule has 4 heteroatoms. The quantitative estimate of drug-likeness (QED) is 0.839. The van der Waals surface area contributed by atoms with Crippen LogP contribution in [0.2, 0.25) is 0 Å². The molecule has 0 amide bonds. The largest absolute Gasteiger partial charge is 0.490 e. The van der Waals surface area contributed by atoms with Crippen LogP contribution in [0.25, 0.3) is 0 Å². The van der Waals surface area contributed by atoms with Crippen molar-refractivity contribution in [3.05, 3.63) is 23.8 Å². The van der Waals surface area contributed by atoms with E-state index < -0.39 is 0 Å². The third-order valence-corrected chi connectivity index (χ3v) is 4.15. The Labute approximate surface area is 127 Å². The lowest BCUT2D eigenvalue weighted by Gasteiger charge is -2.32. The van der Waals surface area contributed by atoms with Crippen molar-refractivity contribution >= 4 is 0 Å². The number of hydrogen-bond acceptors (Lipinski definition) is 4. The Bertz CT molecular complexity index is 436. The van der Waals surface area contributed by atoms with Crippen LogP contribution >= 0.6 is 0 Å². The molecule has 0 aliphatic carbocycles. The predicted molar refractivity (Wildman–Crippen MR) is 83.9 cm³/mol. The molecular weight excluding hydrogens is 266 g/mol. The minimum Gasteiger partial charge on any atom is -0.490 e. The first-order valence-electron chi connectivity index (χ1n) is 7.94. The van der Waals surface area contributed by atoms with E-state index in [-0.39, 0.29) is 6.61 Å². The van der Waals surface area contributed by atoms with Gasteiger partial charge in [-0.25, -0.2) is 0 Å². The minimum absolute atomic E-state index is 0.0282. The molecule has 1 aliphatic heterocycles. The SMILES string of the molecule is CCOc1cccc(CO)c1OCCC1CCCCN1C. The molecule has 1 unspecified atom stereocenters. The average Bonchev–Trinajstić information content (AvgIpc) is 2.50. The number of rotatable bonds is 7. The molecule has 1 N–H and O–H groups in total. The third kappa shape index (κ3) is 4.35. The highest BCUT2D eigenvalue weighted by Crippen LogP contribution is 2.32. The van der Waals surface area contributed by atoms with E-state index in [2.05, 4.69) is 11.9 Å². The van der Waals surface area contributed by atoms with Crippen LogP contribution in [-0.4, -0.2) is 42.9 Å². The zero-order chi connectivity index (χ0) is 15.1. The maximum absolute atomic E-state index is 9.46. The molecule has 1 aromatic carbocycles. The van der Waals surface area contributed by atoms with Gasteiger partial charge in [-0.05, 0) is 45.8 Å². The van der Waals surface area contributed by atoms with Gasteiger partial charge >= 0.3 is 0 Å². The second-order valence-electron chi connectivity index (χ2n) is 5.60.